The van der Waals surface area contributed by atoms with E-state index in [0.717, 1.165) is 0 Å². The van der Waals surface area contributed by atoms with Crippen LogP contribution in [0.4, 0.5) is 11.4 Å². The van der Waals surface area contributed by atoms with E-state index in [1.807, 2.05) is 48.5 Å². The van der Waals surface area contributed by atoms with Gasteiger partial charge in [0, 0.05) is 0 Å². The van der Waals surface area contributed by atoms with Crippen molar-refractivity contribution in [2.24, 2.45) is 20.5 Å². The number of hydrogen-bond donors (Lipinski definition) is 0. The van der Waals surface area contributed by atoms with E-state index in [9.17, 15) is 0 Å². The standard InChI is InChI=1S/C16H14N4O2/c1-3-8-15-13(6-1)19-17-12-18-20-14-7-2-4-9-16(14)22-11-5-10-21-15/h1-10H,11-12H2. The molecule has 0 unspecified atom stereocenters. The maximum atomic E-state index is 5.65. The zero-order chi connectivity index (χ0) is 15.0. The van der Waals surface area contributed by atoms with Crippen LogP contribution in [0.5, 0.6) is 11.5 Å². The predicted molar refractivity (Wildman–Crippen MR) is 82.0 cm³/mol. The molecule has 1 aliphatic rings. The maximum Gasteiger partial charge on any atom is 0.171 e. The maximum absolute atomic E-state index is 5.65. The normalized spacial score (nSPS) is 14.2. The summed E-state index contributed by atoms with van der Waals surface area (Å²) >= 11 is 0. The topological polar surface area (TPSA) is 67.9 Å². The molecule has 0 N–H and O–H groups in total. The molecule has 0 aliphatic carbocycles. The average molecular weight is 294 g/mol. The third-order valence-electron chi connectivity index (χ3n) is 2.84. The highest BCUT2D eigenvalue weighted by molar-refractivity contribution is 5.51. The Balaban J connectivity index is 1.87. The molecule has 2 aromatic rings. The lowest BCUT2D eigenvalue weighted by Crippen LogP contribution is -1.94. The van der Waals surface area contributed by atoms with Crippen LogP contribution in [0.3, 0.4) is 0 Å². The molecule has 0 fully saturated rings. The zero-order valence-corrected chi connectivity index (χ0v) is 11.8. The molecule has 0 amide bonds. The summed E-state index contributed by atoms with van der Waals surface area (Å²) in [4.78, 5) is 0. The molecule has 0 radical (unpaired) electrons. The van der Waals surface area contributed by atoms with Gasteiger partial charge in [-0.05, 0) is 30.3 Å². The van der Waals surface area contributed by atoms with E-state index in [-0.39, 0.29) is 6.67 Å². The van der Waals surface area contributed by atoms with Gasteiger partial charge in [0.2, 0.25) is 0 Å². The minimum Gasteiger partial charge on any atom is -0.487 e. The van der Waals surface area contributed by atoms with Gasteiger partial charge < -0.3 is 9.47 Å². The summed E-state index contributed by atoms with van der Waals surface area (Å²) in [7, 11) is 0. The Labute approximate surface area is 127 Å². The zero-order valence-electron chi connectivity index (χ0n) is 11.8. The van der Waals surface area contributed by atoms with Crippen molar-refractivity contribution in [3.05, 3.63) is 60.9 Å². The van der Waals surface area contributed by atoms with E-state index < -0.39 is 0 Å². The monoisotopic (exact) mass is 294 g/mol. The van der Waals surface area contributed by atoms with Crippen LogP contribution in [0.25, 0.3) is 0 Å². The Morgan fingerprint density at radius 2 is 1.41 bits per heavy atom. The molecule has 0 atom stereocenters. The lowest BCUT2D eigenvalue weighted by molar-refractivity contribution is 0.358. The van der Waals surface area contributed by atoms with E-state index in [1.165, 1.54) is 0 Å². The average Bonchev–Trinajstić information content (AvgIpc) is 2.56. The summed E-state index contributed by atoms with van der Waals surface area (Å²) in [6, 6.07) is 14.8. The second-order valence-corrected chi connectivity index (χ2v) is 4.36. The summed E-state index contributed by atoms with van der Waals surface area (Å²) in [6.07, 6.45) is 3.35. The van der Waals surface area contributed by atoms with Crippen LogP contribution in [-0.2, 0) is 0 Å². The van der Waals surface area contributed by atoms with Crippen molar-refractivity contribution in [3.8, 4) is 11.5 Å². The first-order valence-electron chi connectivity index (χ1n) is 6.81. The quantitative estimate of drug-likeness (QED) is 0.700. The molecule has 3 rings (SSSR count). The third kappa shape index (κ3) is 3.54. The van der Waals surface area contributed by atoms with Gasteiger partial charge in [0.15, 0.2) is 12.4 Å². The minimum atomic E-state index is 0.137. The Kier molecular flexibility index (Phi) is 4.51. The van der Waals surface area contributed by atoms with Crippen LogP contribution in [-0.4, -0.2) is 13.3 Å². The number of rotatable bonds is 0. The van der Waals surface area contributed by atoms with Crippen LogP contribution in [0.1, 0.15) is 0 Å². The van der Waals surface area contributed by atoms with Crippen molar-refractivity contribution in [3.63, 3.8) is 0 Å². The first kappa shape index (κ1) is 13.9. The van der Waals surface area contributed by atoms with E-state index >= 15 is 0 Å². The van der Waals surface area contributed by atoms with Crippen molar-refractivity contribution < 1.29 is 9.47 Å². The fourth-order valence-electron chi connectivity index (χ4n) is 1.84. The molecule has 0 spiro atoms. The molecular weight excluding hydrogens is 280 g/mol. The molecule has 0 saturated carbocycles. The Morgan fingerprint density at radius 3 is 2.18 bits per heavy atom. The van der Waals surface area contributed by atoms with Crippen molar-refractivity contribution >= 4 is 11.4 Å². The van der Waals surface area contributed by atoms with Crippen molar-refractivity contribution in [1.82, 2.24) is 0 Å². The van der Waals surface area contributed by atoms with Gasteiger partial charge in [-0.2, -0.15) is 20.5 Å². The summed E-state index contributed by atoms with van der Waals surface area (Å²) in [5.41, 5.74) is 1.30. The summed E-state index contributed by atoms with van der Waals surface area (Å²) in [5.74, 6) is 1.28. The van der Waals surface area contributed by atoms with E-state index in [1.54, 1.807) is 12.3 Å². The first-order chi connectivity index (χ1) is 10.9. The van der Waals surface area contributed by atoms with Crippen LogP contribution >= 0.6 is 0 Å². The fourth-order valence-corrected chi connectivity index (χ4v) is 1.84. The van der Waals surface area contributed by atoms with Crippen LogP contribution in [0.15, 0.2) is 81.3 Å². The van der Waals surface area contributed by atoms with Gasteiger partial charge in [-0.25, -0.2) is 0 Å². The lowest BCUT2D eigenvalue weighted by Gasteiger charge is -2.06. The predicted octanol–water partition coefficient (Wildman–Crippen LogP) is 4.80. The Bertz CT molecular complexity index is 726. The number of para-hydroxylation sites is 2. The Morgan fingerprint density at radius 1 is 0.773 bits per heavy atom. The number of hydrogen-bond acceptors (Lipinski definition) is 6. The third-order valence-corrected chi connectivity index (χ3v) is 2.84. The molecule has 22 heavy (non-hydrogen) atoms. The lowest BCUT2D eigenvalue weighted by atomic mass is 10.3. The van der Waals surface area contributed by atoms with Gasteiger partial charge in [0.05, 0.1) is 6.26 Å². The molecule has 6 nitrogen and oxygen atoms in total. The number of fused-ring (bicyclic) bond motifs is 2. The fraction of sp³-hybridized carbons (Fsp3) is 0.125. The molecular formula is C16H14N4O2. The van der Waals surface area contributed by atoms with Crippen LogP contribution in [0, 0.1) is 0 Å². The van der Waals surface area contributed by atoms with Crippen molar-refractivity contribution in [2.75, 3.05) is 13.3 Å². The highest BCUT2D eigenvalue weighted by Gasteiger charge is 2.02. The highest BCUT2D eigenvalue weighted by atomic mass is 16.5. The molecule has 110 valence electrons. The van der Waals surface area contributed by atoms with Crippen LogP contribution in [0.2, 0.25) is 0 Å². The molecule has 6 heteroatoms. The van der Waals surface area contributed by atoms with Crippen molar-refractivity contribution in [2.45, 2.75) is 0 Å². The Hall–Kier alpha value is -3.02. The SMILES string of the molecule is C1=COc2ccccc2N=NCN=Nc2ccccc2OC1. The molecule has 2 aromatic carbocycles. The summed E-state index contributed by atoms with van der Waals surface area (Å²) < 4.78 is 11.2. The van der Waals surface area contributed by atoms with E-state index in [4.69, 9.17) is 9.47 Å². The first-order valence-corrected chi connectivity index (χ1v) is 6.81. The van der Waals surface area contributed by atoms with Gasteiger partial charge >= 0.3 is 0 Å². The largest absolute Gasteiger partial charge is 0.487 e. The van der Waals surface area contributed by atoms with Gasteiger partial charge in [0.1, 0.15) is 23.7 Å². The van der Waals surface area contributed by atoms with Gasteiger partial charge in [-0.1, -0.05) is 24.3 Å². The van der Waals surface area contributed by atoms with Gasteiger partial charge in [-0.15, -0.1) is 0 Å². The number of benzene rings is 2. The van der Waals surface area contributed by atoms with Crippen LogP contribution < -0.4 is 9.47 Å². The number of azo groups is 2. The summed E-state index contributed by atoms with van der Waals surface area (Å²) in [6.45, 7) is 0.509. The highest BCUT2D eigenvalue weighted by Crippen LogP contribution is 2.29. The minimum absolute atomic E-state index is 0.137. The number of nitrogens with zero attached hydrogens (tertiary/aromatic N) is 4. The smallest absolute Gasteiger partial charge is 0.171 e. The van der Waals surface area contributed by atoms with E-state index in [0.29, 0.717) is 29.5 Å². The van der Waals surface area contributed by atoms with Crippen molar-refractivity contribution in [1.29, 1.82) is 0 Å². The van der Waals surface area contributed by atoms with Gasteiger partial charge in [0.25, 0.3) is 0 Å². The number of ether oxygens (including phenoxy) is 2. The molecule has 0 bridgehead atoms. The summed E-state index contributed by atoms with van der Waals surface area (Å²) in [5, 5.41) is 16.2. The molecule has 0 aromatic heterocycles. The second-order valence-electron chi connectivity index (χ2n) is 4.36. The molecule has 1 aliphatic heterocycles. The second kappa shape index (κ2) is 7.12. The van der Waals surface area contributed by atoms with Gasteiger partial charge in [-0.3, -0.25) is 0 Å². The van der Waals surface area contributed by atoms with E-state index in [2.05, 4.69) is 20.5 Å². The molecule has 0 saturated heterocycles. The molecule has 1 heterocycles.